The number of carbonyl (C=O) groups is 1. The Morgan fingerprint density at radius 3 is 2.88 bits per heavy atom. The number of hydrogen-bond acceptors (Lipinski definition) is 6. The summed E-state index contributed by atoms with van der Waals surface area (Å²) in [5, 5.41) is 2.89. The number of hydrogen-bond donors (Lipinski definition) is 1. The second-order valence-corrected chi connectivity index (χ2v) is 6.79. The van der Waals surface area contributed by atoms with Gasteiger partial charge in [0.05, 0.1) is 18.2 Å². The molecular formula is C18H24FN5O2. The first kappa shape index (κ1) is 18.2. The smallest absolute Gasteiger partial charge is 0.254 e. The van der Waals surface area contributed by atoms with Crippen molar-refractivity contribution in [3.8, 4) is 0 Å². The first-order chi connectivity index (χ1) is 12.3. The summed E-state index contributed by atoms with van der Waals surface area (Å²) < 4.78 is 19.5. The van der Waals surface area contributed by atoms with Gasteiger partial charge < -0.3 is 19.5 Å². The van der Waals surface area contributed by atoms with Crippen molar-refractivity contribution >= 4 is 17.7 Å². The molecule has 1 amide bonds. The van der Waals surface area contributed by atoms with Gasteiger partial charge in [0.2, 0.25) is 5.95 Å². The quantitative estimate of drug-likeness (QED) is 0.879. The summed E-state index contributed by atoms with van der Waals surface area (Å²) in [5.74, 6) is 2.29. The maximum atomic E-state index is 14.1. The zero-order valence-electron chi connectivity index (χ0n) is 15.5. The molecule has 2 atom stereocenters. The van der Waals surface area contributed by atoms with Crippen molar-refractivity contribution in [2.75, 3.05) is 37.0 Å². The maximum absolute atomic E-state index is 14.1. The van der Waals surface area contributed by atoms with Crippen molar-refractivity contribution < 1.29 is 13.6 Å². The number of alkyl halides is 1. The number of carbonyl (C=O) groups excluding carboxylic acids is 1. The number of aromatic nitrogens is 2. The lowest BCUT2D eigenvalue weighted by atomic mass is 10.2. The van der Waals surface area contributed by atoms with Crippen LogP contribution in [0.25, 0.3) is 0 Å². The minimum Gasteiger partial charge on any atom is -0.466 e. The van der Waals surface area contributed by atoms with Crippen LogP contribution >= 0.6 is 0 Å². The minimum absolute atomic E-state index is 0.160. The van der Waals surface area contributed by atoms with Crippen LogP contribution < -0.4 is 15.1 Å². The fourth-order valence-electron chi connectivity index (χ4n) is 3.21. The summed E-state index contributed by atoms with van der Waals surface area (Å²) >= 11 is 0. The van der Waals surface area contributed by atoms with E-state index >= 15 is 0 Å². The summed E-state index contributed by atoms with van der Waals surface area (Å²) in [6.07, 6.45) is 1.06. The number of nitrogens with zero attached hydrogens (tertiary/aromatic N) is 4. The highest BCUT2D eigenvalue weighted by atomic mass is 19.1. The molecule has 1 N–H and O–H groups in total. The second kappa shape index (κ2) is 7.31. The lowest BCUT2D eigenvalue weighted by Gasteiger charge is -2.26. The SMILES string of the molecule is Cc1cc(C(=O)NC[C@@H]2C[C@H](F)CN2c2ccnc(N(C)C)n2)c(C)o1. The van der Waals surface area contributed by atoms with E-state index in [9.17, 15) is 9.18 Å². The molecule has 1 aliphatic rings. The Hall–Kier alpha value is -2.64. The van der Waals surface area contributed by atoms with E-state index in [2.05, 4.69) is 15.3 Å². The molecule has 140 valence electrons. The highest BCUT2D eigenvalue weighted by molar-refractivity contribution is 5.95. The van der Waals surface area contributed by atoms with Gasteiger partial charge >= 0.3 is 0 Å². The highest BCUT2D eigenvalue weighted by Crippen LogP contribution is 2.26. The summed E-state index contributed by atoms with van der Waals surface area (Å²) in [7, 11) is 3.71. The molecule has 0 aliphatic carbocycles. The number of rotatable bonds is 5. The Balaban J connectivity index is 1.71. The second-order valence-electron chi connectivity index (χ2n) is 6.79. The average molecular weight is 361 g/mol. The van der Waals surface area contributed by atoms with Gasteiger partial charge in [0.25, 0.3) is 5.91 Å². The van der Waals surface area contributed by atoms with E-state index in [0.717, 1.165) is 0 Å². The lowest BCUT2D eigenvalue weighted by molar-refractivity contribution is 0.0949. The van der Waals surface area contributed by atoms with Crippen LogP contribution in [0.3, 0.4) is 0 Å². The molecule has 7 nitrogen and oxygen atoms in total. The molecule has 0 spiro atoms. The van der Waals surface area contributed by atoms with E-state index in [-0.39, 0.29) is 18.5 Å². The van der Waals surface area contributed by atoms with Crippen molar-refractivity contribution in [2.24, 2.45) is 0 Å². The van der Waals surface area contributed by atoms with Gasteiger partial charge in [-0.2, -0.15) is 4.98 Å². The van der Waals surface area contributed by atoms with Gasteiger partial charge in [-0.15, -0.1) is 0 Å². The van der Waals surface area contributed by atoms with E-state index in [0.29, 0.717) is 41.8 Å². The van der Waals surface area contributed by atoms with Gasteiger partial charge in [0, 0.05) is 33.3 Å². The standard InChI is InChI=1S/C18H24FN5O2/c1-11-7-15(12(2)26-11)17(25)21-9-14-8-13(19)10-24(14)16-5-6-20-18(22-16)23(3)4/h5-7,13-14H,8-10H2,1-4H3,(H,21,25)/t13-,14-/m0/s1. The van der Waals surface area contributed by atoms with E-state index in [1.54, 1.807) is 37.1 Å². The van der Waals surface area contributed by atoms with E-state index in [1.807, 2.05) is 19.0 Å². The number of amides is 1. The van der Waals surface area contributed by atoms with Gasteiger partial charge in [-0.05, 0) is 26.0 Å². The minimum atomic E-state index is -0.951. The maximum Gasteiger partial charge on any atom is 0.254 e. The van der Waals surface area contributed by atoms with Crippen molar-refractivity contribution in [1.29, 1.82) is 0 Å². The van der Waals surface area contributed by atoms with Gasteiger partial charge in [0.1, 0.15) is 23.5 Å². The third-order valence-corrected chi connectivity index (χ3v) is 4.47. The summed E-state index contributed by atoms with van der Waals surface area (Å²) in [5.41, 5.74) is 0.515. The summed E-state index contributed by atoms with van der Waals surface area (Å²) in [6, 6.07) is 3.32. The van der Waals surface area contributed by atoms with E-state index < -0.39 is 6.17 Å². The molecule has 1 aliphatic heterocycles. The molecule has 0 unspecified atom stereocenters. The zero-order chi connectivity index (χ0) is 18.8. The third-order valence-electron chi connectivity index (χ3n) is 4.47. The van der Waals surface area contributed by atoms with Gasteiger partial charge in [-0.25, -0.2) is 9.37 Å². The Bertz CT molecular complexity index is 792. The molecule has 0 aromatic carbocycles. The van der Waals surface area contributed by atoms with Crippen LogP contribution in [-0.2, 0) is 0 Å². The van der Waals surface area contributed by atoms with Crippen molar-refractivity contribution in [3.05, 3.63) is 35.4 Å². The summed E-state index contributed by atoms with van der Waals surface area (Å²) in [4.78, 5) is 24.8. The van der Waals surface area contributed by atoms with Gasteiger partial charge in [-0.3, -0.25) is 4.79 Å². The van der Waals surface area contributed by atoms with Crippen LogP contribution in [-0.4, -0.2) is 55.3 Å². The van der Waals surface area contributed by atoms with Crippen molar-refractivity contribution in [1.82, 2.24) is 15.3 Å². The molecule has 0 saturated carbocycles. The average Bonchev–Trinajstić information content (AvgIpc) is 3.14. The Morgan fingerprint density at radius 2 is 2.23 bits per heavy atom. The Labute approximate surface area is 152 Å². The Kier molecular flexibility index (Phi) is 5.11. The van der Waals surface area contributed by atoms with Crippen molar-refractivity contribution in [2.45, 2.75) is 32.5 Å². The molecule has 2 aromatic heterocycles. The zero-order valence-corrected chi connectivity index (χ0v) is 15.5. The molecule has 26 heavy (non-hydrogen) atoms. The molecule has 1 saturated heterocycles. The molecule has 1 fully saturated rings. The van der Waals surface area contributed by atoms with Crippen LogP contribution in [0.4, 0.5) is 16.2 Å². The fourth-order valence-corrected chi connectivity index (χ4v) is 3.21. The number of aryl methyl sites for hydroxylation is 2. The monoisotopic (exact) mass is 361 g/mol. The van der Waals surface area contributed by atoms with Crippen molar-refractivity contribution in [3.63, 3.8) is 0 Å². The Morgan fingerprint density at radius 1 is 1.46 bits per heavy atom. The van der Waals surface area contributed by atoms with Crippen LogP contribution in [0.1, 0.15) is 28.3 Å². The largest absolute Gasteiger partial charge is 0.466 e. The number of furan rings is 1. The van der Waals surface area contributed by atoms with Crippen LogP contribution in [0, 0.1) is 13.8 Å². The first-order valence-corrected chi connectivity index (χ1v) is 8.61. The third kappa shape index (κ3) is 3.79. The summed E-state index contributed by atoms with van der Waals surface area (Å²) in [6.45, 7) is 4.15. The lowest BCUT2D eigenvalue weighted by Crippen LogP contribution is -2.40. The molecule has 0 radical (unpaired) electrons. The van der Waals surface area contributed by atoms with Crippen LogP contribution in [0.5, 0.6) is 0 Å². The molecule has 3 rings (SSSR count). The normalized spacial score (nSPS) is 19.7. The first-order valence-electron chi connectivity index (χ1n) is 8.61. The molecule has 3 heterocycles. The molecular weight excluding hydrogens is 337 g/mol. The number of anilines is 2. The van der Waals surface area contributed by atoms with Crippen LogP contribution in [0.2, 0.25) is 0 Å². The highest BCUT2D eigenvalue weighted by Gasteiger charge is 2.33. The van der Waals surface area contributed by atoms with Gasteiger partial charge in [-0.1, -0.05) is 0 Å². The molecule has 2 aromatic rings. The predicted octanol–water partition coefficient (Wildman–Crippen LogP) is 2.10. The molecule has 8 heteroatoms. The van der Waals surface area contributed by atoms with E-state index in [4.69, 9.17) is 4.42 Å². The topological polar surface area (TPSA) is 74.5 Å². The fraction of sp³-hybridized carbons (Fsp3) is 0.500. The number of halogens is 1. The van der Waals surface area contributed by atoms with E-state index in [1.165, 1.54) is 0 Å². The van der Waals surface area contributed by atoms with Gasteiger partial charge in [0.15, 0.2) is 0 Å². The van der Waals surface area contributed by atoms with Crippen LogP contribution in [0.15, 0.2) is 22.7 Å². The molecule has 0 bridgehead atoms. The number of nitrogens with one attached hydrogen (secondary N) is 1. The predicted molar refractivity (Wildman–Crippen MR) is 97.5 cm³/mol.